The Bertz CT molecular complexity index is 25.6. The maximum atomic E-state index is 9.16. The first-order valence-electron chi connectivity index (χ1n) is 0.906. The zero-order valence-electron chi connectivity index (χ0n) is 2.36. The van der Waals surface area contributed by atoms with Crippen molar-refractivity contribution >= 4 is 60.0 Å². The van der Waals surface area contributed by atoms with Gasteiger partial charge in [-0.1, -0.05) is 0 Å². The van der Waals surface area contributed by atoms with Gasteiger partial charge in [-0.15, -0.1) is 0 Å². The summed E-state index contributed by atoms with van der Waals surface area (Å²) in [5.74, 6) is 0. The molecule has 0 aromatic rings. The Balaban J connectivity index is 0. The van der Waals surface area contributed by atoms with Gasteiger partial charge >= 0.3 is 51.4 Å². The molecular weight excluding hydrogens is 112 g/mol. The molecule has 0 aliphatic heterocycles. The molecule has 0 saturated heterocycles. The fourth-order valence-electron chi connectivity index (χ4n) is 0. The van der Waals surface area contributed by atoms with Gasteiger partial charge in [-0.3, -0.25) is 4.57 Å². The summed E-state index contributed by atoms with van der Waals surface area (Å²) in [5, 5.41) is 2.35. The van der Waals surface area contributed by atoms with E-state index >= 15 is 0 Å². The van der Waals surface area contributed by atoms with Crippen LogP contribution in [0, 0.1) is 0 Å². The second kappa shape index (κ2) is 9.20. The van der Waals surface area contributed by atoms with E-state index in [1.807, 2.05) is 0 Å². The first-order valence-corrected chi connectivity index (χ1v) is 1.72. The Labute approximate surface area is 75.4 Å². The van der Waals surface area contributed by atoms with Crippen LogP contribution in [0.2, 0.25) is 0 Å². The van der Waals surface area contributed by atoms with Gasteiger partial charge in [0.25, 0.3) is 0 Å². The van der Waals surface area contributed by atoms with E-state index in [0.29, 0.717) is 0 Å². The quantitative estimate of drug-likeness (QED) is 0.379. The molecule has 0 aromatic heterocycles. The van der Waals surface area contributed by atoms with E-state index in [2.05, 4.69) is 5.09 Å². The molecule has 26 valence electrons. The van der Waals surface area contributed by atoms with Crippen molar-refractivity contribution in [2.45, 2.75) is 0 Å². The summed E-state index contributed by atoms with van der Waals surface area (Å²) in [6.07, 6.45) is 0. The Hall–Kier alpha value is 1.70. The van der Waals surface area contributed by atoms with E-state index in [-0.39, 0.29) is 60.0 Å². The van der Waals surface area contributed by atoms with Gasteiger partial charge in [-0.2, -0.15) is 0 Å². The third kappa shape index (κ3) is 10.7. The Kier molecular flexibility index (Phi) is 18.1. The number of nitrogens with one attached hydrogen (secondary N) is 1. The number of hydrogen-bond acceptors (Lipinski definition) is 1. The van der Waals surface area contributed by atoms with Crippen LogP contribution >= 0.6 is 8.61 Å². The zero-order chi connectivity index (χ0) is 3.41. The normalized spacial score (nSPS) is 6.60. The van der Waals surface area contributed by atoms with Crippen LogP contribution in [0.4, 0.5) is 0 Å². The van der Waals surface area contributed by atoms with Crippen LogP contribution in [0.15, 0.2) is 0 Å². The van der Waals surface area contributed by atoms with Gasteiger partial charge in [0.2, 0.25) is 8.61 Å². The summed E-state index contributed by atoms with van der Waals surface area (Å²) >= 11 is 0. The van der Waals surface area contributed by atoms with Crippen molar-refractivity contribution < 1.29 is 4.57 Å². The van der Waals surface area contributed by atoms with Crippen molar-refractivity contribution in [3.63, 3.8) is 0 Å². The molecule has 0 bridgehead atoms. The molecule has 0 rings (SSSR count). The first-order chi connectivity index (χ1) is 1.91. The fraction of sp³-hybridized carbons (Fsp3) is 1.00. The van der Waals surface area contributed by atoms with Crippen molar-refractivity contribution in [2.24, 2.45) is 0 Å². The van der Waals surface area contributed by atoms with Crippen LogP contribution in [-0.2, 0) is 4.57 Å². The van der Waals surface area contributed by atoms with Crippen molar-refractivity contribution in [1.29, 1.82) is 0 Å². The van der Waals surface area contributed by atoms with E-state index in [4.69, 9.17) is 4.57 Å². The van der Waals surface area contributed by atoms with Gasteiger partial charge in [0.05, 0.1) is 0 Å². The predicted molar refractivity (Wildman–Crippen MR) is 23.8 cm³/mol. The molecule has 0 unspecified atom stereocenters. The minimum absolute atomic E-state index is 0. The molecule has 2 nitrogen and oxygen atoms in total. The molecule has 0 aliphatic rings. The van der Waals surface area contributed by atoms with Crippen molar-refractivity contribution in [1.82, 2.24) is 5.09 Å². The van der Waals surface area contributed by atoms with E-state index in [1.54, 1.807) is 7.05 Å². The fourth-order valence-corrected chi connectivity index (χ4v) is 0. The monoisotopic (exact) mass is 117 g/mol. The third-order valence-electron chi connectivity index (χ3n) is 0.0913. The van der Waals surface area contributed by atoms with Gasteiger partial charge in [-0.05, 0) is 7.05 Å². The molecule has 4 heteroatoms. The molecule has 0 fully saturated rings. The zero-order valence-corrected chi connectivity index (χ0v) is 3.25. The van der Waals surface area contributed by atoms with E-state index in [0.717, 1.165) is 0 Å². The Morgan fingerprint density at radius 1 is 1.80 bits per heavy atom. The summed E-state index contributed by atoms with van der Waals surface area (Å²) in [6, 6.07) is 0. The molecule has 0 aromatic carbocycles. The average Bonchev–Trinajstić information content (AvgIpc) is 1.37. The van der Waals surface area contributed by atoms with E-state index in [9.17, 15) is 0 Å². The van der Waals surface area contributed by atoms with Gasteiger partial charge < -0.3 is 0 Å². The Morgan fingerprint density at radius 2 is 2.00 bits per heavy atom. The van der Waals surface area contributed by atoms with E-state index in [1.165, 1.54) is 0 Å². The molecule has 0 atom stereocenters. The van der Waals surface area contributed by atoms with E-state index < -0.39 is 0 Å². The molecule has 0 amide bonds. The molecular formula is CH5KNOP. The molecule has 0 heterocycles. The van der Waals surface area contributed by atoms with Crippen LogP contribution in [0.5, 0.6) is 0 Å². The molecule has 5 heavy (non-hydrogen) atoms. The molecule has 0 radical (unpaired) electrons. The summed E-state index contributed by atoms with van der Waals surface area (Å²) in [6.45, 7) is 0. The molecule has 0 saturated carbocycles. The van der Waals surface area contributed by atoms with Crippen molar-refractivity contribution in [2.75, 3.05) is 7.05 Å². The molecule has 0 spiro atoms. The Morgan fingerprint density at radius 3 is 2.00 bits per heavy atom. The van der Waals surface area contributed by atoms with Crippen molar-refractivity contribution in [3.8, 4) is 0 Å². The van der Waals surface area contributed by atoms with Gasteiger partial charge in [0.15, 0.2) is 0 Å². The van der Waals surface area contributed by atoms with Crippen LogP contribution < -0.4 is 5.09 Å². The second-order valence-electron chi connectivity index (χ2n) is 0.315. The van der Waals surface area contributed by atoms with Crippen LogP contribution in [0.3, 0.4) is 0 Å². The maximum absolute atomic E-state index is 9.16. The minimum atomic E-state index is -0.00154. The summed E-state index contributed by atoms with van der Waals surface area (Å²) in [5.41, 5.74) is 0. The van der Waals surface area contributed by atoms with Gasteiger partial charge in [0.1, 0.15) is 0 Å². The van der Waals surface area contributed by atoms with Crippen LogP contribution in [0.25, 0.3) is 0 Å². The van der Waals surface area contributed by atoms with Crippen molar-refractivity contribution in [3.05, 3.63) is 0 Å². The van der Waals surface area contributed by atoms with Crippen LogP contribution in [-0.4, -0.2) is 58.4 Å². The standard InChI is InChI=1S/CH4NOP.K.H/c1-2-4-3;;/h1H3,(H,2,3);;. The van der Waals surface area contributed by atoms with Crippen LogP contribution in [0.1, 0.15) is 0 Å². The topological polar surface area (TPSA) is 29.1 Å². The first kappa shape index (κ1) is 9.85. The molecule has 1 N–H and O–H groups in total. The third-order valence-corrected chi connectivity index (χ3v) is 0.274. The average molecular weight is 117 g/mol. The SMILES string of the molecule is CNP=O.[KH]. The number of hydrogen-bond donors (Lipinski definition) is 1. The molecule has 0 aliphatic carbocycles. The predicted octanol–water partition coefficient (Wildman–Crippen LogP) is -0.236. The van der Waals surface area contributed by atoms with Gasteiger partial charge in [0, 0.05) is 0 Å². The number of rotatable bonds is 1. The second-order valence-corrected chi connectivity index (χ2v) is 0.945. The van der Waals surface area contributed by atoms with Gasteiger partial charge in [-0.25, -0.2) is 5.09 Å². The summed E-state index contributed by atoms with van der Waals surface area (Å²) in [7, 11) is 1.60. The summed E-state index contributed by atoms with van der Waals surface area (Å²) < 4.78 is 9.16. The summed E-state index contributed by atoms with van der Waals surface area (Å²) in [4.78, 5) is 0.